The van der Waals surface area contributed by atoms with Gasteiger partial charge in [-0.1, -0.05) is 31.0 Å². The maximum Gasteiger partial charge on any atom is 0.410 e. The molecule has 1 fully saturated rings. The first-order valence-electron chi connectivity index (χ1n) is 13.7. The van der Waals surface area contributed by atoms with Crippen LogP contribution in [0.1, 0.15) is 75.2 Å². The minimum absolute atomic E-state index is 0.139. The molecule has 0 bridgehead atoms. The van der Waals surface area contributed by atoms with Gasteiger partial charge in [0.05, 0.1) is 18.0 Å². The van der Waals surface area contributed by atoms with Crippen LogP contribution in [0.2, 0.25) is 0 Å². The Kier molecular flexibility index (Phi) is 9.87. The monoisotopic (exact) mass is 560 g/mol. The highest BCUT2D eigenvalue weighted by Gasteiger charge is 2.33. The van der Waals surface area contributed by atoms with Crippen molar-refractivity contribution in [2.24, 2.45) is 5.14 Å². The van der Waals surface area contributed by atoms with Crippen LogP contribution in [0.3, 0.4) is 0 Å². The van der Waals surface area contributed by atoms with Crippen molar-refractivity contribution >= 4 is 16.1 Å². The van der Waals surface area contributed by atoms with E-state index in [1.54, 1.807) is 17.0 Å². The summed E-state index contributed by atoms with van der Waals surface area (Å²) in [4.78, 5) is 14.3. The van der Waals surface area contributed by atoms with E-state index >= 15 is 0 Å². The fourth-order valence-corrected chi connectivity index (χ4v) is 5.28. The molecule has 1 saturated heterocycles. The molecule has 2 aromatic carbocycles. The molecule has 0 aromatic heterocycles. The molecule has 39 heavy (non-hydrogen) atoms. The first-order chi connectivity index (χ1) is 18.6. The van der Waals surface area contributed by atoms with Crippen LogP contribution in [-0.4, -0.2) is 51.5 Å². The minimum atomic E-state index is -3.64. The van der Waals surface area contributed by atoms with Crippen molar-refractivity contribution in [3.05, 3.63) is 59.2 Å². The van der Waals surface area contributed by atoms with Crippen molar-refractivity contribution < 1.29 is 32.2 Å². The molecule has 0 spiro atoms. The molecule has 1 atom stereocenters. The second-order valence-corrected chi connectivity index (χ2v) is 12.2. The Balaban J connectivity index is 1.03. The third kappa shape index (κ3) is 8.66. The molecule has 4 rings (SSSR count). The number of amides is 1. The highest BCUT2D eigenvalue weighted by atomic mass is 32.2. The van der Waals surface area contributed by atoms with Gasteiger partial charge in [0.15, 0.2) is 0 Å². The summed E-state index contributed by atoms with van der Waals surface area (Å²) in [5.74, 6) is 0.184. The predicted octanol–water partition coefficient (Wildman–Crippen LogP) is 5.07. The molecule has 9 nitrogen and oxygen atoms in total. The summed E-state index contributed by atoms with van der Waals surface area (Å²) in [6.07, 6.45) is 6.32. The van der Waals surface area contributed by atoms with Crippen molar-refractivity contribution in [3.8, 4) is 5.75 Å². The van der Waals surface area contributed by atoms with Crippen molar-refractivity contribution in [3.63, 3.8) is 0 Å². The molecular weight excluding hydrogens is 520 g/mol. The molecular formula is C29H40N2O7S. The van der Waals surface area contributed by atoms with Crippen molar-refractivity contribution in [2.45, 2.75) is 82.2 Å². The van der Waals surface area contributed by atoms with Crippen LogP contribution >= 0.6 is 0 Å². The number of fused-ring (bicyclic) bond motifs is 1. The largest absolute Gasteiger partial charge is 0.463 e. The number of aryl methyl sites for hydroxylation is 1. The zero-order valence-electron chi connectivity index (χ0n) is 22.9. The summed E-state index contributed by atoms with van der Waals surface area (Å²) in [7, 11) is -3.64. The number of carbonyl (C=O) groups is 1. The summed E-state index contributed by atoms with van der Waals surface area (Å²) in [6, 6.07) is 12.6. The fraction of sp³-hybridized carbons (Fsp3) is 0.552. The molecule has 2 aromatic rings. The molecule has 2 aliphatic rings. The zero-order valence-corrected chi connectivity index (χ0v) is 23.7. The van der Waals surface area contributed by atoms with Crippen LogP contribution in [-0.2, 0) is 37.3 Å². The van der Waals surface area contributed by atoms with E-state index in [9.17, 15) is 13.2 Å². The molecule has 0 unspecified atom stereocenters. The normalized spacial score (nSPS) is 18.5. The fourth-order valence-electron chi connectivity index (χ4n) is 4.76. The Morgan fingerprint density at radius 3 is 2.46 bits per heavy atom. The van der Waals surface area contributed by atoms with Gasteiger partial charge >= 0.3 is 6.09 Å². The smallest absolute Gasteiger partial charge is 0.410 e. The molecule has 0 radical (unpaired) electrons. The Bertz CT molecular complexity index is 1210. The number of primary sulfonamides is 1. The average molecular weight is 561 g/mol. The van der Waals surface area contributed by atoms with Crippen LogP contribution in [0.25, 0.3) is 0 Å². The summed E-state index contributed by atoms with van der Waals surface area (Å²) < 4.78 is 45.6. The number of unbranched alkanes of at least 4 members (excludes halogenated alkanes) is 4. The van der Waals surface area contributed by atoms with Gasteiger partial charge in [-0.25, -0.2) is 18.4 Å². The van der Waals surface area contributed by atoms with Gasteiger partial charge in [-0.2, -0.15) is 0 Å². The van der Waals surface area contributed by atoms with Gasteiger partial charge in [-0.05, 0) is 67.5 Å². The van der Waals surface area contributed by atoms with Crippen molar-refractivity contribution in [1.82, 2.24) is 4.90 Å². The summed E-state index contributed by atoms with van der Waals surface area (Å²) in [6.45, 7) is 6.96. The lowest BCUT2D eigenvalue weighted by atomic mass is 10.0. The van der Waals surface area contributed by atoms with E-state index in [0.717, 1.165) is 80.6 Å². The molecule has 0 aliphatic carbocycles. The van der Waals surface area contributed by atoms with Crippen LogP contribution < -0.4 is 9.88 Å². The highest BCUT2D eigenvalue weighted by molar-refractivity contribution is 7.89. The molecule has 2 N–H and O–H groups in total. The minimum Gasteiger partial charge on any atom is -0.463 e. The van der Waals surface area contributed by atoms with Gasteiger partial charge < -0.3 is 23.8 Å². The summed E-state index contributed by atoms with van der Waals surface area (Å²) in [5.41, 5.74) is 3.03. The first kappa shape index (κ1) is 29.3. The molecule has 2 heterocycles. The molecule has 2 aliphatic heterocycles. The first-order valence-corrected chi connectivity index (χ1v) is 15.3. The van der Waals surface area contributed by atoms with Gasteiger partial charge in [0, 0.05) is 39.2 Å². The van der Waals surface area contributed by atoms with Gasteiger partial charge in [-0.3, -0.25) is 0 Å². The quantitative estimate of drug-likeness (QED) is 0.321. The van der Waals surface area contributed by atoms with E-state index in [0.29, 0.717) is 19.7 Å². The summed E-state index contributed by atoms with van der Waals surface area (Å²) in [5, 5.41) is 5.12. The second-order valence-electron chi connectivity index (χ2n) is 10.6. The Morgan fingerprint density at radius 1 is 1.00 bits per heavy atom. The number of sulfonamides is 1. The third-order valence-electron chi connectivity index (χ3n) is 7.00. The van der Waals surface area contributed by atoms with Crippen LogP contribution in [0.15, 0.2) is 47.4 Å². The van der Waals surface area contributed by atoms with E-state index in [2.05, 4.69) is 0 Å². The Labute approximate surface area is 231 Å². The SMILES string of the molecule is CC1(C)OCc2cc([C@@H]3CN(CCCCCCOCCCCc4ccc(S(N)(=O)=O)cc4)C(=O)O3)ccc2O1. The maximum absolute atomic E-state index is 12.4. The number of cyclic esters (lactones) is 1. The maximum atomic E-state index is 12.4. The lowest BCUT2D eigenvalue weighted by Crippen LogP contribution is -2.35. The van der Waals surface area contributed by atoms with Gasteiger partial charge in [0.2, 0.25) is 15.8 Å². The number of carbonyl (C=O) groups excluding carboxylic acids is 1. The third-order valence-corrected chi connectivity index (χ3v) is 7.93. The van der Waals surface area contributed by atoms with Gasteiger partial charge in [-0.15, -0.1) is 0 Å². The van der Waals surface area contributed by atoms with E-state index in [1.165, 1.54) is 0 Å². The number of benzene rings is 2. The van der Waals surface area contributed by atoms with E-state index in [-0.39, 0.29) is 17.1 Å². The number of nitrogens with zero attached hydrogens (tertiary/aromatic N) is 1. The Morgan fingerprint density at radius 2 is 1.72 bits per heavy atom. The lowest BCUT2D eigenvalue weighted by molar-refractivity contribution is -0.180. The number of rotatable bonds is 14. The zero-order chi connectivity index (χ0) is 27.9. The van der Waals surface area contributed by atoms with E-state index < -0.39 is 15.8 Å². The highest BCUT2D eigenvalue weighted by Crippen LogP contribution is 2.35. The summed E-state index contributed by atoms with van der Waals surface area (Å²) >= 11 is 0. The number of hydrogen-bond donors (Lipinski definition) is 1. The van der Waals surface area contributed by atoms with Crippen LogP contribution in [0.5, 0.6) is 5.75 Å². The van der Waals surface area contributed by atoms with Crippen LogP contribution in [0, 0.1) is 0 Å². The topological polar surface area (TPSA) is 117 Å². The molecule has 10 heteroatoms. The second kappa shape index (κ2) is 13.1. The van der Waals surface area contributed by atoms with E-state index in [4.69, 9.17) is 24.1 Å². The molecule has 214 valence electrons. The van der Waals surface area contributed by atoms with Gasteiger partial charge in [0.25, 0.3) is 0 Å². The number of hydrogen-bond acceptors (Lipinski definition) is 7. The number of nitrogens with two attached hydrogens (primary N) is 1. The van der Waals surface area contributed by atoms with Crippen molar-refractivity contribution in [2.75, 3.05) is 26.3 Å². The van der Waals surface area contributed by atoms with E-state index in [1.807, 2.05) is 44.2 Å². The van der Waals surface area contributed by atoms with Gasteiger partial charge in [0.1, 0.15) is 11.9 Å². The number of ether oxygens (including phenoxy) is 4. The Hall–Kier alpha value is -2.66. The molecule has 1 amide bonds. The van der Waals surface area contributed by atoms with Crippen molar-refractivity contribution in [1.29, 1.82) is 0 Å². The predicted molar refractivity (Wildman–Crippen MR) is 147 cm³/mol. The standard InChI is InChI=1S/C29H40N2O7S/c1-29(2)36-21-24-19-23(12-15-26(24)38-29)27-20-31(28(32)37-27)16-6-3-4-7-17-35-18-8-5-9-22-10-13-25(14-11-22)39(30,33)34/h10-15,19,27H,3-9,16-18,20-21H2,1-2H3,(H2,30,33,34)/t27-/m0/s1. The average Bonchev–Trinajstić information content (AvgIpc) is 3.26. The van der Waals surface area contributed by atoms with Crippen LogP contribution in [0.4, 0.5) is 4.79 Å². The molecule has 0 saturated carbocycles. The lowest BCUT2D eigenvalue weighted by Gasteiger charge is -2.32.